The number of hydrazone groups is 1. The van der Waals surface area contributed by atoms with E-state index >= 15 is 0 Å². The van der Waals surface area contributed by atoms with Crippen LogP contribution in [0.1, 0.15) is 37.5 Å². The van der Waals surface area contributed by atoms with Crippen molar-refractivity contribution in [1.29, 1.82) is 0 Å². The molecule has 0 radical (unpaired) electrons. The highest BCUT2D eigenvalue weighted by molar-refractivity contribution is 6.31. The summed E-state index contributed by atoms with van der Waals surface area (Å²) in [5.74, 6) is -0.0397. The molecule has 2 aromatic carbocycles. The van der Waals surface area contributed by atoms with Crippen molar-refractivity contribution in [2.24, 2.45) is 5.10 Å². The van der Waals surface area contributed by atoms with Crippen LogP contribution in [-0.4, -0.2) is 44.8 Å². The maximum absolute atomic E-state index is 12.2. The molecule has 0 spiro atoms. The summed E-state index contributed by atoms with van der Waals surface area (Å²) in [6, 6.07) is 16.3. The number of carbonyl (C=O) groups is 1. The minimum Gasteiger partial charge on any atom is -0.322 e. The molecule has 1 saturated heterocycles. The first-order chi connectivity index (χ1) is 14.3. The average molecular weight is 429 g/mol. The first kappa shape index (κ1) is 22.5. The van der Waals surface area contributed by atoms with Crippen LogP contribution in [0.25, 0.3) is 0 Å². The molecule has 30 heavy (non-hydrogen) atoms. The number of quaternary nitrogens is 2. The molecule has 160 valence electrons. The van der Waals surface area contributed by atoms with Crippen molar-refractivity contribution in [2.45, 2.75) is 32.7 Å². The molecule has 0 bridgehead atoms. The van der Waals surface area contributed by atoms with Crippen LogP contribution in [0.3, 0.4) is 0 Å². The number of carbonyl (C=O) groups excluding carboxylic acids is 1. The Balaban J connectivity index is 1.39. The lowest BCUT2D eigenvalue weighted by atomic mass is 9.87. The third-order valence-electron chi connectivity index (χ3n) is 5.65. The van der Waals surface area contributed by atoms with E-state index in [2.05, 4.69) is 49.5 Å². The van der Waals surface area contributed by atoms with Crippen molar-refractivity contribution in [1.82, 2.24) is 5.43 Å². The maximum Gasteiger partial charge on any atom is 0.295 e. The van der Waals surface area contributed by atoms with E-state index in [4.69, 9.17) is 11.6 Å². The van der Waals surface area contributed by atoms with Gasteiger partial charge >= 0.3 is 0 Å². The Morgan fingerprint density at radius 2 is 1.67 bits per heavy atom. The minimum atomic E-state index is -0.0397. The number of benzene rings is 2. The van der Waals surface area contributed by atoms with Crippen molar-refractivity contribution in [3.63, 3.8) is 0 Å². The molecule has 1 aliphatic rings. The topological polar surface area (TPSA) is 50.3 Å². The molecule has 1 heterocycles. The van der Waals surface area contributed by atoms with Gasteiger partial charge in [0.2, 0.25) is 0 Å². The molecule has 0 unspecified atom stereocenters. The first-order valence-electron chi connectivity index (χ1n) is 10.6. The van der Waals surface area contributed by atoms with Crippen LogP contribution in [-0.2, 0) is 16.8 Å². The van der Waals surface area contributed by atoms with E-state index in [0.29, 0.717) is 6.54 Å². The lowest BCUT2D eigenvalue weighted by Crippen LogP contribution is -3.28. The van der Waals surface area contributed by atoms with Gasteiger partial charge in [0.05, 0.1) is 6.21 Å². The van der Waals surface area contributed by atoms with Gasteiger partial charge in [0, 0.05) is 10.6 Å². The summed E-state index contributed by atoms with van der Waals surface area (Å²) in [6.45, 7) is 12.0. The van der Waals surface area contributed by atoms with E-state index in [9.17, 15) is 4.79 Å². The largest absolute Gasteiger partial charge is 0.322 e. The van der Waals surface area contributed by atoms with Crippen LogP contribution in [0.15, 0.2) is 53.6 Å². The third-order valence-corrected chi connectivity index (χ3v) is 6.02. The molecule has 0 aliphatic carbocycles. The SMILES string of the molecule is CC(C)(C)c1ccc(/C=N\NC(=O)C[NH+]2CC[NH+](Cc3ccccc3Cl)CC2)cc1. The summed E-state index contributed by atoms with van der Waals surface area (Å²) in [7, 11) is 0. The molecule has 3 rings (SSSR count). The molecule has 0 aromatic heterocycles. The predicted molar refractivity (Wildman–Crippen MR) is 122 cm³/mol. The van der Waals surface area contributed by atoms with Gasteiger partial charge < -0.3 is 9.80 Å². The van der Waals surface area contributed by atoms with Crippen LogP contribution in [0.4, 0.5) is 0 Å². The smallest absolute Gasteiger partial charge is 0.295 e. The molecular weight excluding hydrogens is 396 g/mol. The zero-order chi connectivity index (χ0) is 21.6. The number of amides is 1. The number of rotatable bonds is 6. The van der Waals surface area contributed by atoms with Gasteiger partial charge in [-0.15, -0.1) is 0 Å². The van der Waals surface area contributed by atoms with Gasteiger partial charge in [-0.2, -0.15) is 5.10 Å². The summed E-state index contributed by atoms with van der Waals surface area (Å²) < 4.78 is 0. The standard InChI is InChI=1S/C24H31ClN4O/c1-24(2,3)21-10-8-19(9-11-21)16-26-27-23(30)18-29-14-12-28(13-15-29)17-20-6-4-5-7-22(20)25/h4-11,16H,12-15,17-18H2,1-3H3,(H,27,30)/p+2/b26-16-. The Labute approximate surface area is 184 Å². The molecule has 1 aliphatic heterocycles. The van der Waals surface area contributed by atoms with Gasteiger partial charge in [-0.1, -0.05) is 74.8 Å². The van der Waals surface area contributed by atoms with E-state index in [-0.39, 0.29) is 11.3 Å². The van der Waals surface area contributed by atoms with Crippen molar-refractivity contribution in [3.05, 3.63) is 70.2 Å². The monoisotopic (exact) mass is 428 g/mol. The van der Waals surface area contributed by atoms with Crippen LogP contribution in [0.5, 0.6) is 0 Å². The van der Waals surface area contributed by atoms with Crippen LogP contribution in [0.2, 0.25) is 5.02 Å². The highest BCUT2D eigenvalue weighted by Crippen LogP contribution is 2.21. The molecule has 6 heteroatoms. The second-order valence-corrected chi connectivity index (χ2v) is 9.52. The number of nitrogens with one attached hydrogen (secondary N) is 3. The number of nitrogens with zero attached hydrogens (tertiary/aromatic N) is 1. The molecule has 3 N–H and O–H groups in total. The second-order valence-electron chi connectivity index (χ2n) is 9.11. The van der Waals surface area contributed by atoms with Crippen molar-refractivity contribution >= 4 is 23.7 Å². The summed E-state index contributed by atoms with van der Waals surface area (Å²) >= 11 is 6.28. The van der Waals surface area contributed by atoms with Gasteiger partial charge in [-0.05, 0) is 22.6 Å². The van der Waals surface area contributed by atoms with Gasteiger partial charge in [-0.25, -0.2) is 5.43 Å². The Hall–Kier alpha value is -2.21. The number of hydrogen-bond donors (Lipinski definition) is 3. The van der Waals surface area contributed by atoms with Gasteiger partial charge in [-0.3, -0.25) is 4.79 Å². The van der Waals surface area contributed by atoms with Crippen LogP contribution >= 0.6 is 11.6 Å². The van der Waals surface area contributed by atoms with Crippen LogP contribution in [0, 0.1) is 0 Å². The van der Waals surface area contributed by atoms with Crippen molar-refractivity contribution < 1.29 is 14.6 Å². The van der Waals surface area contributed by atoms with Crippen LogP contribution < -0.4 is 15.2 Å². The Morgan fingerprint density at radius 1 is 1.03 bits per heavy atom. The lowest BCUT2D eigenvalue weighted by molar-refractivity contribution is -1.02. The predicted octanol–water partition coefficient (Wildman–Crippen LogP) is 1.07. The summed E-state index contributed by atoms with van der Waals surface area (Å²) in [5.41, 5.74) is 6.25. The minimum absolute atomic E-state index is 0.0397. The fraction of sp³-hybridized carbons (Fsp3) is 0.417. The quantitative estimate of drug-likeness (QED) is 0.468. The number of halogens is 1. The molecule has 5 nitrogen and oxygen atoms in total. The van der Waals surface area contributed by atoms with E-state index in [1.165, 1.54) is 20.9 Å². The van der Waals surface area contributed by atoms with E-state index < -0.39 is 0 Å². The molecule has 2 aromatic rings. The maximum atomic E-state index is 12.2. The summed E-state index contributed by atoms with van der Waals surface area (Å²) in [6.07, 6.45) is 1.70. The highest BCUT2D eigenvalue weighted by Gasteiger charge is 2.25. The zero-order valence-electron chi connectivity index (χ0n) is 18.2. The summed E-state index contributed by atoms with van der Waals surface area (Å²) in [4.78, 5) is 15.1. The zero-order valence-corrected chi connectivity index (χ0v) is 18.9. The Morgan fingerprint density at radius 3 is 2.30 bits per heavy atom. The molecule has 1 amide bonds. The van der Waals surface area contributed by atoms with Gasteiger partial charge in [0.25, 0.3) is 5.91 Å². The lowest BCUT2D eigenvalue weighted by Gasteiger charge is -2.29. The summed E-state index contributed by atoms with van der Waals surface area (Å²) in [5, 5.41) is 4.96. The Bertz CT molecular complexity index is 866. The normalized spacial score (nSPS) is 19.7. The van der Waals surface area contributed by atoms with Gasteiger partial charge in [0.15, 0.2) is 6.54 Å². The van der Waals surface area contributed by atoms with Gasteiger partial charge in [0.1, 0.15) is 32.7 Å². The highest BCUT2D eigenvalue weighted by atomic mass is 35.5. The second kappa shape index (κ2) is 10.2. The van der Waals surface area contributed by atoms with E-state index in [1.807, 2.05) is 30.3 Å². The van der Waals surface area contributed by atoms with Crippen molar-refractivity contribution in [2.75, 3.05) is 32.7 Å². The van der Waals surface area contributed by atoms with Crippen molar-refractivity contribution in [3.8, 4) is 0 Å². The number of hydrogen-bond acceptors (Lipinski definition) is 2. The first-order valence-corrected chi connectivity index (χ1v) is 11.0. The fourth-order valence-corrected chi connectivity index (χ4v) is 3.94. The number of piperazine rings is 1. The fourth-order valence-electron chi connectivity index (χ4n) is 3.74. The molecule has 1 fully saturated rings. The molecule has 0 atom stereocenters. The Kier molecular flexibility index (Phi) is 7.64. The molecule has 0 saturated carbocycles. The third kappa shape index (κ3) is 6.66. The average Bonchev–Trinajstić information content (AvgIpc) is 2.71. The van der Waals surface area contributed by atoms with E-state index in [0.717, 1.165) is 43.3 Å². The van der Waals surface area contributed by atoms with E-state index in [1.54, 1.807) is 6.21 Å². The molecular formula is C24H33ClN4O+2.